The van der Waals surface area contributed by atoms with Gasteiger partial charge in [-0.25, -0.2) is 0 Å². The minimum atomic E-state index is -0.0845. The van der Waals surface area contributed by atoms with Gasteiger partial charge in [-0.3, -0.25) is 0 Å². The van der Waals surface area contributed by atoms with E-state index in [4.69, 9.17) is 0 Å². The first-order valence-corrected chi connectivity index (χ1v) is 23.2. The number of fused-ring (bicyclic) bond motifs is 3. The Labute approximate surface area is 395 Å². The van der Waals surface area contributed by atoms with Crippen LogP contribution in [0.2, 0.25) is 0 Å². The Hall–Kier alpha value is -8.40. The first kappa shape index (κ1) is 41.3. The molecule has 0 radical (unpaired) electrons. The van der Waals surface area contributed by atoms with E-state index in [1.165, 1.54) is 50.1 Å². The molecule has 0 N–H and O–H groups in total. The van der Waals surface area contributed by atoms with Crippen molar-refractivity contribution in [1.82, 2.24) is 0 Å². The third-order valence-electron chi connectivity index (χ3n) is 13.3. The largest absolute Gasteiger partial charge is 0.310 e. The molecule has 67 heavy (non-hydrogen) atoms. The topological polar surface area (TPSA) is 9.72 Å². The van der Waals surface area contributed by atoms with Crippen LogP contribution in [0.5, 0.6) is 0 Å². The van der Waals surface area contributed by atoms with E-state index in [-0.39, 0.29) is 5.41 Å². The predicted octanol–water partition coefficient (Wildman–Crippen LogP) is 18.0. The van der Waals surface area contributed by atoms with Gasteiger partial charge in [0.25, 0.3) is 0 Å². The summed E-state index contributed by atoms with van der Waals surface area (Å²) in [4.78, 5) is 7.12. The molecule has 3 heteroatoms. The van der Waals surface area contributed by atoms with Gasteiger partial charge >= 0.3 is 0 Å². The van der Waals surface area contributed by atoms with Crippen LogP contribution in [0.4, 0.5) is 51.2 Å². The van der Waals surface area contributed by atoms with Gasteiger partial charge < -0.3 is 14.7 Å². The van der Waals surface area contributed by atoms with Crippen LogP contribution in [-0.2, 0) is 5.41 Å². The van der Waals surface area contributed by atoms with Gasteiger partial charge in [-0.1, -0.05) is 172 Å². The van der Waals surface area contributed by atoms with Gasteiger partial charge in [0, 0.05) is 39.5 Å². The van der Waals surface area contributed by atoms with E-state index < -0.39 is 0 Å². The number of nitrogens with zero attached hydrogens (tertiary/aromatic N) is 3. The lowest BCUT2D eigenvalue weighted by Crippen LogP contribution is -2.16. The van der Waals surface area contributed by atoms with E-state index in [1.807, 2.05) is 0 Å². The summed E-state index contributed by atoms with van der Waals surface area (Å²) in [6, 6.07) is 92.2. The lowest BCUT2D eigenvalue weighted by Gasteiger charge is -2.33. The summed E-state index contributed by atoms with van der Waals surface area (Å²) >= 11 is 0. The second kappa shape index (κ2) is 17.5. The van der Waals surface area contributed by atoms with E-state index in [0.717, 1.165) is 51.2 Å². The van der Waals surface area contributed by atoms with Crippen molar-refractivity contribution < 1.29 is 0 Å². The molecule has 0 spiro atoms. The van der Waals surface area contributed by atoms with Crippen molar-refractivity contribution in [1.29, 1.82) is 0 Å². The fourth-order valence-corrected chi connectivity index (χ4v) is 10.0. The minimum Gasteiger partial charge on any atom is -0.310 e. The normalized spacial score (nSPS) is 12.2. The summed E-state index contributed by atoms with van der Waals surface area (Å²) < 4.78 is 0. The molecule has 3 nitrogen and oxygen atoms in total. The van der Waals surface area contributed by atoms with Crippen molar-refractivity contribution in [3.05, 3.63) is 271 Å². The minimum absolute atomic E-state index is 0.0845. The van der Waals surface area contributed by atoms with E-state index in [9.17, 15) is 0 Å². The second-order valence-corrected chi connectivity index (χ2v) is 17.9. The van der Waals surface area contributed by atoms with Crippen LogP contribution in [0, 0.1) is 6.92 Å². The molecular weight excluding hydrogens is 811 g/mol. The van der Waals surface area contributed by atoms with Gasteiger partial charge in [0.2, 0.25) is 0 Å². The van der Waals surface area contributed by atoms with Crippen LogP contribution < -0.4 is 14.7 Å². The Morgan fingerprint density at radius 2 is 0.612 bits per heavy atom. The standard InChI is InChI=1S/C64H51N3/c1-46-20-19-31-61-63(46)60-41-36-50(42-62(60)64(61,2)3)49-34-39-56(40-35-49)67(55-37-32-48(33-38-55)47-21-9-4-10-22-47)59-44-57(65(51-23-11-5-12-24-51)52-25-13-6-14-26-52)43-58(45-59)66(53-27-15-7-16-28-53)54-29-17-8-18-30-54/h4-45H,1-3H3. The molecule has 11 rings (SSSR count). The van der Waals surface area contributed by atoms with Crippen LogP contribution in [0.1, 0.15) is 30.5 Å². The molecule has 0 aromatic heterocycles. The number of para-hydroxylation sites is 4. The van der Waals surface area contributed by atoms with E-state index >= 15 is 0 Å². The molecule has 0 heterocycles. The number of benzene rings is 10. The van der Waals surface area contributed by atoms with Gasteiger partial charge in [-0.05, 0) is 154 Å². The maximum Gasteiger partial charge on any atom is 0.0503 e. The monoisotopic (exact) mass is 861 g/mol. The molecule has 0 fully saturated rings. The molecule has 10 aromatic carbocycles. The molecule has 0 amide bonds. The number of anilines is 9. The predicted molar refractivity (Wildman–Crippen MR) is 284 cm³/mol. The SMILES string of the molecule is Cc1cccc2c1-c1ccc(-c3ccc(N(c4ccc(-c5ccccc5)cc4)c4cc(N(c5ccccc5)c5ccccc5)cc(N(c5ccccc5)c5ccccc5)c4)cc3)cc1C2(C)C. The summed E-state index contributed by atoms with van der Waals surface area (Å²) in [7, 11) is 0. The van der Waals surface area contributed by atoms with E-state index in [1.54, 1.807) is 0 Å². The molecular formula is C64H51N3. The number of hydrogen-bond acceptors (Lipinski definition) is 3. The summed E-state index contributed by atoms with van der Waals surface area (Å²) in [5.41, 5.74) is 21.0. The van der Waals surface area contributed by atoms with Crippen molar-refractivity contribution in [3.8, 4) is 33.4 Å². The quantitative estimate of drug-likeness (QED) is 0.128. The molecule has 10 aromatic rings. The van der Waals surface area contributed by atoms with Gasteiger partial charge in [-0.2, -0.15) is 0 Å². The van der Waals surface area contributed by atoms with E-state index in [0.29, 0.717) is 0 Å². The third kappa shape index (κ3) is 7.85. The van der Waals surface area contributed by atoms with Crippen LogP contribution >= 0.6 is 0 Å². The van der Waals surface area contributed by atoms with Gasteiger partial charge in [-0.15, -0.1) is 0 Å². The third-order valence-corrected chi connectivity index (χ3v) is 13.3. The average molecular weight is 862 g/mol. The van der Waals surface area contributed by atoms with Gasteiger partial charge in [0.15, 0.2) is 0 Å². The zero-order chi connectivity index (χ0) is 45.3. The molecule has 0 aliphatic heterocycles. The Bertz CT molecular complexity index is 3110. The van der Waals surface area contributed by atoms with Crippen molar-refractivity contribution in [2.24, 2.45) is 0 Å². The molecule has 0 unspecified atom stereocenters. The highest BCUT2D eigenvalue weighted by Gasteiger charge is 2.36. The molecule has 322 valence electrons. The lowest BCUT2D eigenvalue weighted by atomic mass is 9.81. The van der Waals surface area contributed by atoms with E-state index in [2.05, 4.69) is 290 Å². The Morgan fingerprint density at radius 3 is 1.03 bits per heavy atom. The van der Waals surface area contributed by atoms with Gasteiger partial charge in [0.05, 0.1) is 17.1 Å². The Kier molecular flexibility index (Phi) is 10.8. The van der Waals surface area contributed by atoms with Crippen molar-refractivity contribution in [2.75, 3.05) is 14.7 Å². The molecule has 0 saturated carbocycles. The Balaban J connectivity index is 1.10. The maximum absolute atomic E-state index is 2.42. The summed E-state index contributed by atoms with van der Waals surface area (Å²) in [5, 5.41) is 0. The fraction of sp³-hybridized carbons (Fsp3) is 0.0625. The van der Waals surface area contributed by atoms with Crippen molar-refractivity contribution >= 4 is 51.2 Å². The zero-order valence-corrected chi connectivity index (χ0v) is 38.1. The van der Waals surface area contributed by atoms with Crippen LogP contribution in [0.3, 0.4) is 0 Å². The molecule has 0 atom stereocenters. The van der Waals surface area contributed by atoms with Crippen LogP contribution in [0.25, 0.3) is 33.4 Å². The first-order chi connectivity index (χ1) is 32.9. The number of rotatable bonds is 11. The summed E-state index contributed by atoms with van der Waals surface area (Å²) in [6.07, 6.45) is 0. The highest BCUT2D eigenvalue weighted by atomic mass is 15.2. The molecule has 1 aliphatic carbocycles. The number of aryl methyl sites for hydroxylation is 1. The van der Waals surface area contributed by atoms with Crippen LogP contribution in [0.15, 0.2) is 255 Å². The maximum atomic E-state index is 2.42. The van der Waals surface area contributed by atoms with Crippen molar-refractivity contribution in [3.63, 3.8) is 0 Å². The molecule has 0 bridgehead atoms. The number of hydrogen-bond donors (Lipinski definition) is 0. The smallest absolute Gasteiger partial charge is 0.0503 e. The highest BCUT2D eigenvalue weighted by Crippen LogP contribution is 2.51. The summed E-state index contributed by atoms with van der Waals surface area (Å²) in [5.74, 6) is 0. The zero-order valence-electron chi connectivity index (χ0n) is 38.1. The molecule has 1 aliphatic rings. The molecule has 0 saturated heterocycles. The summed E-state index contributed by atoms with van der Waals surface area (Å²) in [6.45, 7) is 6.96. The second-order valence-electron chi connectivity index (χ2n) is 17.9. The lowest BCUT2D eigenvalue weighted by molar-refractivity contribution is 0.660. The fourth-order valence-electron chi connectivity index (χ4n) is 10.0. The first-order valence-electron chi connectivity index (χ1n) is 23.2. The van der Waals surface area contributed by atoms with Crippen molar-refractivity contribution in [2.45, 2.75) is 26.2 Å². The average Bonchev–Trinajstić information content (AvgIpc) is 3.62. The highest BCUT2D eigenvalue weighted by molar-refractivity contribution is 5.91. The van der Waals surface area contributed by atoms with Crippen LogP contribution in [-0.4, -0.2) is 0 Å². The Morgan fingerprint density at radius 1 is 0.269 bits per heavy atom. The van der Waals surface area contributed by atoms with Gasteiger partial charge in [0.1, 0.15) is 0 Å².